The number of carboxylic acid groups (broad SMARTS) is 1. The molecule has 1 aliphatic carbocycles. The number of aliphatic carboxylic acids is 1. The van der Waals surface area contributed by atoms with Crippen LogP contribution in [0.3, 0.4) is 0 Å². The molecule has 8 nitrogen and oxygen atoms in total. The second-order valence-corrected chi connectivity index (χ2v) is 8.74. The monoisotopic (exact) mass is 475 g/mol. The number of aromatic amines is 1. The summed E-state index contributed by atoms with van der Waals surface area (Å²) >= 11 is 0. The van der Waals surface area contributed by atoms with Crippen molar-refractivity contribution in [2.24, 2.45) is 5.92 Å². The molecule has 0 spiro atoms. The highest BCUT2D eigenvalue weighted by atomic mass is 16.5. The normalized spacial score (nSPS) is 13.9. The summed E-state index contributed by atoms with van der Waals surface area (Å²) in [5, 5.41) is 14.4. The predicted molar refractivity (Wildman–Crippen MR) is 131 cm³/mol. The first-order valence-electron chi connectivity index (χ1n) is 11.7. The van der Waals surface area contributed by atoms with Crippen molar-refractivity contribution in [3.63, 3.8) is 0 Å². The van der Waals surface area contributed by atoms with E-state index in [4.69, 9.17) is 9.84 Å². The number of ether oxygens (including phenoxy) is 1. The number of nitrogens with one attached hydrogen (secondary N) is 3. The fourth-order valence-electron chi connectivity index (χ4n) is 4.36. The van der Waals surface area contributed by atoms with Gasteiger partial charge < -0.3 is 25.5 Å². The molecule has 1 heterocycles. The summed E-state index contributed by atoms with van der Waals surface area (Å²) in [6.45, 7) is 1.92. The van der Waals surface area contributed by atoms with E-state index in [-0.39, 0.29) is 25.5 Å². The number of fused-ring (bicyclic) bond motifs is 3. The molecule has 35 heavy (non-hydrogen) atoms. The minimum atomic E-state index is -0.918. The lowest BCUT2D eigenvalue weighted by molar-refractivity contribution is -0.141. The number of hydrogen-bond donors (Lipinski definition) is 4. The molecule has 0 saturated heterocycles. The number of amides is 2. The summed E-state index contributed by atoms with van der Waals surface area (Å²) in [6.07, 6.45) is 1.60. The SMILES string of the molecule is CC(CCNC(=O)C(Cc1ccc[nH]1)NC(=O)OCC1c2ccccc2-c2ccccc21)C(=O)O. The molecule has 2 atom stereocenters. The number of carboxylic acids is 1. The molecule has 2 aromatic carbocycles. The number of alkyl carbamates (subject to hydrolysis) is 1. The van der Waals surface area contributed by atoms with Gasteiger partial charge in [0, 0.05) is 30.8 Å². The van der Waals surface area contributed by atoms with Gasteiger partial charge in [-0.2, -0.15) is 0 Å². The lowest BCUT2D eigenvalue weighted by Gasteiger charge is -2.20. The van der Waals surface area contributed by atoms with Gasteiger partial charge in [0.2, 0.25) is 5.91 Å². The molecule has 182 valence electrons. The molecule has 0 bridgehead atoms. The number of carbonyl (C=O) groups is 3. The maximum Gasteiger partial charge on any atom is 0.407 e. The summed E-state index contributed by atoms with van der Waals surface area (Å²) < 4.78 is 5.60. The molecule has 0 aliphatic heterocycles. The highest BCUT2D eigenvalue weighted by molar-refractivity contribution is 5.86. The van der Waals surface area contributed by atoms with E-state index in [1.807, 2.05) is 48.5 Å². The molecule has 2 amide bonds. The van der Waals surface area contributed by atoms with Crippen molar-refractivity contribution in [3.8, 4) is 11.1 Å². The van der Waals surface area contributed by atoms with Crippen LogP contribution in [-0.4, -0.2) is 47.3 Å². The van der Waals surface area contributed by atoms with Crippen molar-refractivity contribution in [3.05, 3.63) is 83.7 Å². The van der Waals surface area contributed by atoms with Crippen LogP contribution in [0.15, 0.2) is 66.9 Å². The zero-order chi connectivity index (χ0) is 24.8. The van der Waals surface area contributed by atoms with Crippen molar-refractivity contribution in [2.75, 3.05) is 13.2 Å². The van der Waals surface area contributed by atoms with Crippen molar-refractivity contribution in [2.45, 2.75) is 31.7 Å². The Hall–Kier alpha value is -4.07. The van der Waals surface area contributed by atoms with Gasteiger partial charge in [-0.3, -0.25) is 9.59 Å². The van der Waals surface area contributed by atoms with Gasteiger partial charge >= 0.3 is 12.1 Å². The molecule has 3 aromatic rings. The van der Waals surface area contributed by atoms with Crippen LogP contribution in [0.2, 0.25) is 0 Å². The first-order valence-corrected chi connectivity index (χ1v) is 11.7. The summed E-state index contributed by atoms with van der Waals surface area (Å²) in [5.41, 5.74) is 5.26. The number of hydrogen-bond acceptors (Lipinski definition) is 4. The van der Waals surface area contributed by atoms with Crippen molar-refractivity contribution in [1.29, 1.82) is 0 Å². The third-order valence-corrected chi connectivity index (χ3v) is 6.34. The standard InChI is InChI=1S/C27H29N3O5/c1-17(26(32)33)12-14-29-25(31)24(15-18-7-6-13-28-18)30-27(34)35-16-23-21-10-4-2-8-19(21)20-9-3-5-11-22(20)23/h2-11,13,17,23-24,28H,12,14-16H2,1H3,(H,29,31)(H,30,34)(H,32,33). The van der Waals surface area contributed by atoms with Crippen LogP contribution in [0.5, 0.6) is 0 Å². The van der Waals surface area contributed by atoms with Crippen LogP contribution in [0.1, 0.15) is 36.1 Å². The first-order chi connectivity index (χ1) is 16.9. The molecule has 0 saturated carbocycles. The number of benzene rings is 2. The van der Waals surface area contributed by atoms with E-state index in [1.165, 1.54) is 0 Å². The van der Waals surface area contributed by atoms with Gasteiger partial charge in [0.15, 0.2) is 0 Å². The van der Waals surface area contributed by atoms with E-state index in [0.717, 1.165) is 27.9 Å². The highest BCUT2D eigenvalue weighted by Crippen LogP contribution is 2.44. The Balaban J connectivity index is 1.39. The summed E-state index contributed by atoms with van der Waals surface area (Å²) in [5.74, 6) is -1.97. The average Bonchev–Trinajstić information content (AvgIpc) is 3.48. The van der Waals surface area contributed by atoms with Crippen molar-refractivity contribution < 1.29 is 24.2 Å². The van der Waals surface area contributed by atoms with E-state index < -0.39 is 29.9 Å². The van der Waals surface area contributed by atoms with Gasteiger partial charge in [-0.25, -0.2) is 4.79 Å². The number of rotatable bonds is 10. The number of H-pyrrole nitrogens is 1. The second kappa shape index (κ2) is 10.9. The minimum Gasteiger partial charge on any atom is -0.481 e. The van der Waals surface area contributed by atoms with Crippen molar-refractivity contribution >= 4 is 18.0 Å². The van der Waals surface area contributed by atoms with Gasteiger partial charge in [0.1, 0.15) is 12.6 Å². The van der Waals surface area contributed by atoms with E-state index in [0.29, 0.717) is 6.42 Å². The maximum absolute atomic E-state index is 12.8. The largest absolute Gasteiger partial charge is 0.481 e. The van der Waals surface area contributed by atoms with Gasteiger partial charge in [-0.05, 0) is 40.8 Å². The minimum absolute atomic E-state index is 0.0821. The van der Waals surface area contributed by atoms with Crippen LogP contribution in [0.4, 0.5) is 4.79 Å². The van der Waals surface area contributed by atoms with Crippen LogP contribution < -0.4 is 10.6 Å². The number of aromatic nitrogens is 1. The van der Waals surface area contributed by atoms with E-state index in [1.54, 1.807) is 13.1 Å². The molecule has 8 heteroatoms. The van der Waals surface area contributed by atoms with Crippen LogP contribution in [-0.2, 0) is 20.7 Å². The molecule has 2 unspecified atom stereocenters. The topological polar surface area (TPSA) is 121 Å². The van der Waals surface area contributed by atoms with E-state index in [2.05, 4.69) is 27.8 Å². The Kier molecular flexibility index (Phi) is 7.50. The Bertz CT molecular complexity index is 1150. The van der Waals surface area contributed by atoms with Crippen LogP contribution in [0.25, 0.3) is 11.1 Å². The Morgan fingerprint density at radius 2 is 1.66 bits per heavy atom. The quantitative estimate of drug-likeness (QED) is 0.356. The zero-order valence-electron chi connectivity index (χ0n) is 19.5. The fraction of sp³-hybridized carbons (Fsp3) is 0.296. The van der Waals surface area contributed by atoms with Gasteiger partial charge in [0.25, 0.3) is 0 Å². The zero-order valence-corrected chi connectivity index (χ0v) is 19.5. The Morgan fingerprint density at radius 1 is 1.00 bits per heavy atom. The molecule has 0 fully saturated rings. The number of carbonyl (C=O) groups excluding carboxylic acids is 2. The molecule has 4 N–H and O–H groups in total. The van der Waals surface area contributed by atoms with Crippen LogP contribution >= 0.6 is 0 Å². The lowest BCUT2D eigenvalue weighted by Crippen LogP contribution is -2.48. The van der Waals surface area contributed by atoms with E-state index >= 15 is 0 Å². The fourth-order valence-corrected chi connectivity index (χ4v) is 4.36. The summed E-state index contributed by atoms with van der Waals surface area (Å²) in [6, 6.07) is 18.9. The van der Waals surface area contributed by atoms with Gasteiger partial charge in [-0.15, -0.1) is 0 Å². The van der Waals surface area contributed by atoms with Gasteiger partial charge in [0.05, 0.1) is 5.92 Å². The van der Waals surface area contributed by atoms with Crippen molar-refractivity contribution in [1.82, 2.24) is 15.6 Å². The lowest BCUT2D eigenvalue weighted by atomic mass is 9.98. The molecule has 4 rings (SSSR count). The second-order valence-electron chi connectivity index (χ2n) is 8.74. The predicted octanol–water partition coefficient (Wildman–Crippen LogP) is 3.69. The molecular formula is C27H29N3O5. The molecule has 0 radical (unpaired) electrons. The first kappa shape index (κ1) is 24.1. The smallest absolute Gasteiger partial charge is 0.407 e. The Labute approximate surface area is 203 Å². The molecule has 1 aromatic heterocycles. The summed E-state index contributed by atoms with van der Waals surface area (Å²) in [4.78, 5) is 39.6. The average molecular weight is 476 g/mol. The van der Waals surface area contributed by atoms with Gasteiger partial charge in [-0.1, -0.05) is 55.5 Å². The molecular weight excluding hydrogens is 446 g/mol. The molecule has 1 aliphatic rings. The highest BCUT2D eigenvalue weighted by Gasteiger charge is 2.30. The third kappa shape index (κ3) is 5.71. The Morgan fingerprint density at radius 3 is 2.26 bits per heavy atom. The summed E-state index contributed by atoms with van der Waals surface area (Å²) in [7, 11) is 0. The van der Waals surface area contributed by atoms with E-state index in [9.17, 15) is 14.4 Å². The maximum atomic E-state index is 12.8. The van der Waals surface area contributed by atoms with Crippen LogP contribution in [0, 0.1) is 5.92 Å². The third-order valence-electron chi connectivity index (χ3n) is 6.34.